The molecule has 0 spiro atoms. The van der Waals surface area contributed by atoms with Crippen LogP contribution in [0.5, 0.6) is 5.75 Å². The van der Waals surface area contributed by atoms with Gasteiger partial charge in [0.05, 0.1) is 19.8 Å². The molecule has 0 aliphatic carbocycles. The first-order chi connectivity index (χ1) is 16.8. The summed E-state index contributed by atoms with van der Waals surface area (Å²) in [6.07, 6.45) is -2.31. The quantitative estimate of drug-likeness (QED) is 0.230. The first-order valence-corrected chi connectivity index (χ1v) is 10.6. The predicted octanol–water partition coefficient (Wildman–Crippen LogP) is 2.01. The van der Waals surface area contributed by atoms with E-state index in [4.69, 9.17) is 23.7 Å². The number of esters is 2. The van der Waals surface area contributed by atoms with Crippen molar-refractivity contribution >= 4 is 23.7 Å². The number of ether oxygens (including phenoxy) is 5. The first kappa shape index (κ1) is 27.4. The lowest BCUT2D eigenvalue weighted by atomic mass is 10.1. The molecule has 11 nitrogen and oxygen atoms in total. The van der Waals surface area contributed by atoms with Crippen LogP contribution in [0.3, 0.4) is 0 Å². The third-order valence-electron chi connectivity index (χ3n) is 4.94. The number of anilines is 1. The molecule has 0 aliphatic rings. The van der Waals surface area contributed by atoms with Crippen molar-refractivity contribution in [2.24, 2.45) is 0 Å². The molecule has 2 aromatic rings. The van der Waals surface area contributed by atoms with E-state index in [2.05, 4.69) is 10.6 Å². The van der Waals surface area contributed by atoms with Crippen LogP contribution in [0, 0.1) is 6.92 Å². The Morgan fingerprint density at radius 2 is 1.74 bits per heavy atom. The summed E-state index contributed by atoms with van der Waals surface area (Å²) >= 11 is 0. The van der Waals surface area contributed by atoms with Crippen LogP contribution in [0.25, 0.3) is 0 Å². The second-order valence-corrected chi connectivity index (χ2v) is 7.34. The number of carbonyl (C=O) groups excluding carboxylic acids is 3. The summed E-state index contributed by atoms with van der Waals surface area (Å²) < 4.78 is 25.0. The fourth-order valence-corrected chi connectivity index (χ4v) is 3.04. The van der Waals surface area contributed by atoms with Gasteiger partial charge in [0.1, 0.15) is 18.5 Å². The van der Waals surface area contributed by atoms with Gasteiger partial charge < -0.3 is 39.4 Å². The highest BCUT2D eigenvalue weighted by molar-refractivity contribution is 5.91. The lowest BCUT2D eigenvalue weighted by Gasteiger charge is -2.23. The van der Waals surface area contributed by atoms with Crippen molar-refractivity contribution in [2.75, 3.05) is 40.0 Å². The Labute approximate surface area is 203 Å². The topological polar surface area (TPSA) is 142 Å². The molecule has 0 saturated heterocycles. The number of nitrogens with one attached hydrogen (secondary N) is 2. The lowest BCUT2D eigenvalue weighted by molar-refractivity contribution is -0.145. The van der Waals surface area contributed by atoms with E-state index < -0.39 is 30.2 Å². The van der Waals surface area contributed by atoms with Gasteiger partial charge in [0.25, 0.3) is 0 Å². The molecule has 0 unspecified atom stereocenters. The Morgan fingerprint density at radius 1 is 1.03 bits per heavy atom. The third kappa shape index (κ3) is 8.16. The van der Waals surface area contributed by atoms with Crippen LogP contribution in [0.2, 0.25) is 0 Å². The molecule has 0 saturated carbocycles. The number of amides is 1. The van der Waals surface area contributed by atoms with E-state index in [-0.39, 0.29) is 25.5 Å². The highest BCUT2D eigenvalue weighted by Gasteiger charge is 2.30. The summed E-state index contributed by atoms with van der Waals surface area (Å²) in [6, 6.07) is 10.6. The Morgan fingerprint density at radius 3 is 2.37 bits per heavy atom. The van der Waals surface area contributed by atoms with Gasteiger partial charge in [-0.1, -0.05) is 30.3 Å². The van der Waals surface area contributed by atoms with Crippen molar-refractivity contribution in [1.82, 2.24) is 5.32 Å². The molecule has 0 heterocycles. The molecule has 0 bridgehead atoms. The fourth-order valence-electron chi connectivity index (χ4n) is 3.04. The number of carbonyl (C=O) groups is 3. The van der Waals surface area contributed by atoms with E-state index in [0.29, 0.717) is 17.0 Å². The molecule has 35 heavy (non-hydrogen) atoms. The summed E-state index contributed by atoms with van der Waals surface area (Å²) in [5.41, 5.74) is 2.01. The van der Waals surface area contributed by atoms with E-state index in [0.717, 1.165) is 12.7 Å². The molecular weight excluding hydrogens is 460 g/mol. The minimum absolute atomic E-state index is 0.0152. The lowest BCUT2D eigenvalue weighted by Crippen LogP contribution is -2.51. The average molecular weight is 491 g/mol. The number of rotatable bonds is 12. The molecule has 1 amide bonds. The first-order valence-electron chi connectivity index (χ1n) is 10.6. The maximum absolute atomic E-state index is 12.2. The van der Waals surface area contributed by atoms with Gasteiger partial charge in [0.2, 0.25) is 0 Å². The monoisotopic (exact) mass is 490 g/mol. The summed E-state index contributed by atoms with van der Waals surface area (Å²) in [5, 5.41) is 15.9. The zero-order valence-corrected chi connectivity index (χ0v) is 20.0. The normalized spacial score (nSPS) is 12.1. The van der Waals surface area contributed by atoms with Gasteiger partial charge in [0, 0.05) is 24.9 Å². The van der Waals surface area contributed by atoms with Gasteiger partial charge in [0.15, 0.2) is 12.8 Å². The average Bonchev–Trinajstić information content (AvgIpc) is 2.88. The maximum atomic E-state index is 12.2. The van der Waals surface area contributed by atoms with Crippen LogP contribution >= 0.6 is 0 Å². The smallest absolute Gasteiger partial charge is 0.408 e. The third-order valence-corrected chi connectivity index (χ3v) is 4.94. The highest BCUT2D eigenvalue weighted by Crippen LogP contribution is 2.28. The molecule has 2 aromatic carbocycles. The highest BCUT2D eigenvalue weighted by atomic mass is 16.7. The van der Waals surface area contributed by atoms with Crippen molar-refractivity contribution in [3.8, 4) is 5.75 Å². The summed E-state index contributed by atoms with van der Waals surface area (Å²) in [4.78, 5) is 36.5. The summed E-state index contributed by atoms with van der Waals surface area (Å²) in [5.74, 6) is -1.09. The molecule has 0 radical (unpaired) electrons. The van der Waals surface area contributed by atoms with Gasteiger partial charge in [-0.15, -0.1) is 0 Å². The largest absolute Gasteiger partial charge is 0.467 e. The second-order valence-electron chi connectivity index (χ2n) is 7.34. The molecule has 3 N–H and O–H groups in total. The van der Waals surface area contributed by atoms with Crippen LogP contribution in [-0.2, 0) is 30.3 Å². The van der Waals surface area contributed by atoms with Crippen molar-refractivity contribution in [2.45, 2.75) is 25.7 Å². The molecule has 11 heteroatoms. The molecule has 0 aromatic heterocycles. The Kier molecular flexibility index (Phi) is 10.8. The Balaban J connectivity index is 2.10. The number of methoxy groups -OCH3 is 3. The molecular formula is C24H30N2O9. The second kappa shape index (κ2) is 13.8. The van der Waals surface area contributed by atoms with Crippen LogP contribution in [0.4, 0.5) is 10.5 Å². The number of hydrogen-bond donors (Lipinski definition) is 3. The van der Waals surface area contributed by atoms with Gasteiger partial charge in [-0.2, -0.15) is 0 Å². The van der Waals surface area contributed by atoms with Crippen LogP contribution in [0.15, 0.2) is 42.5 Å². The summed E-state index contributed by atoms with van der Waals surface area (Å²) in [6.45, 7) is 1.48. The standard InChI is InChI=1S/C24H30N2O9/c1-15-18(10-17(22(28)32-3)11-20(15)35-14-31-2)25-12-19(27)21(23(29)33-4)26-24(30)34-13-16-8-6-5-7-9-16/h5-11,19,21,25,27H,12-14H2,1-4H3,(H,26,30)/t19-,21+/m1/s1. The van der Waals surface area contributed by atoms with E-state index in [9.17, 15) is 19.5 Å². The minimum Gasteiger partial charge on any atom is -0.467 e. The van der Waals surface area contributed by atoms with E-state index >= 15 is 0 Å². The minimum atomic E-state index is -1.41. The maximum Gasteiger partial charge on any atom is 0.408 e. The van der Waals surface area contributed by atoms with Gasteiger partial charge in [-0.3, -0.25) is 0 Å². The Hall–Kier alpha value is -3.83. The van der Waals surface area contributed by atoms with E-state index in [1.165, 1.54) is 26.4 Å². The molecule has 2 atom stereocenters. The van der Waals surface area contributed by atoms with Crippen molar-refractivity contribution < 1.29 is 43.2 Å². The molecule has 0 fully saturated rings. The van der Waals surface area contributed by atoms with Crippen LogP contribution < -0.4 is 15.4 Å². The van der Waals surface area contributed by atoms with E-state index in [1.807, 2.05) is 6.07 Å². The van der Waals surface area contributed by atoms with E-state index in [1.54, 1.807) is 31.2 Å². The molecule has 2 rings (SSSR count). The molecule has 0 aliphatic heterocycles. The SMILES string of the molecule is COCOc1cc(C(=O)OC)cc(NC[C@@H](O)[C@H](NC(=O)OCc2ccccc2)C(=O)OC)c1C. The number of aliphatic hydroxyl groups is 1. The number of aliphatic hydroxyl groups excluding tert-OH is 1. The molecule has 190 valence electrons. The zero-order chi connectivity index (χ0) is 25.8. The van der Waals surface area contributed by atoms with Crippen molar-refractivity contribution in [3.05, 3.63) is 59.2 Å². The van der Waals surface area contributed by atoms with Gasteiger partial charge in [-0.05, 0) is 24.6 Å². The number of benzene rings is 2. The van der Waals surface area contributed by atoms with Crippen molar-refractivity contribution in [3.63, 3.8) is 0 Å². The predicted molar refractivity (Wildman–Crippen MR) is 125 cm³/mol. The number of alkyl carbamates (subject to hydrolysis) is 1. The van der Waals surface area contributed by atoms with Gasteiger partial charge in [-0.25, -0.2) is 14.4 Å². The van der Waals surface area contributed by atoms with Crippen molar-refractivity contribution in [1.29, 1.82) is 0 Å². The fraction of sp³-hybridized carbons (Fsp3) is 0.375. The zero-order valence-electron chi connectivity index (χ0n) is 20.0. The Bertz CT molecular complexity index is 998. The number of hydrogen-bond acceptors (Lipinski definition) is 10. The van der Waals surface area contributed by atoms with Crippen LogP contribution in [0.1, 0.15) is 21.5 Å². The summed E-state index contributed by atoms with van der Waals surface area (Å²) in [7, 11) is 3.84. The van der Waals surface area contributed by atoms with Gasteiger partial charge >= 0.3 is 18.0 Å². The van der Waals surface area contributed by atoms with Crippen LogP contribution in [-0.4, -0.2) is 70.0 Å².